The Morgan fingerprint density at radius 2 is 1.72 bits per heavy atom. The normalized spacial score (nSPS) is 11.4. The molecule has 0 saturated carbocycles. The summed E-state index contributed by atoms with van der Waals surface area (Å²) in [5.41, 5.74) is 6.03. The number of ether oxygens (including phenoxy) is 2. The van der Waals surface area contributed by atoms with Crippen LogP contribution in [0.15, 0.2) is 59.1 Å². The summed E-state index contributed by atoms with van der Waals surface area (Å²) in [5, 5.41) is 2.41. The number of urea groups is 1. The van der Waals surface area contributed by atoms with Crippen LogP contribution in [-0.4, -0.2) is 31.3 Å². The van der Waals surface area contributed by atoms with Crippen molar-refractivity contribution in [1.82, 2.24) is 5.32 Å². The van der Waals surface area contributed by atoms with Gasteiger partial charge in [-0.3, -0.25) is 0 Å². The van der Waals surface area contributed by atoms with E-state index in [1.54, 1.807) is 12.1 Å². The van der Waals surface area contributed by atoms with Crippen molar-refractivity contribution >= 4 is 27.9 Å². The van der Waals surface area contributed by atoms with Gasteiger partial charge in [0, 0.05) is 10.9 Å². The molecular weight excluding hydrogens is 388 g/mol. The number of carbonyl (C=O) groups excluding carboxylic acids is 2. The smallest absolute Gasteiger partial charge is 0.329 e. The number of amides is 2. The van der Waals surface area contributed by atoms with Gasteiger partial charge in [0.15, 0.2) is 0 Å². The van der Waals surface area contributed by atoms with Crippen molar-refractivity contribution in [3.8, 4) is 5.75 Å². The van der Waals surface area contributed by atoms with Crippen LogP contribution in [0, 0.1) is 0 Å². The molecule has 3 N–H and O–H groups in total. The van der Waals surface area contributed by atoms with Gasteiger partial charge in [-0.2, -0.15) is 0 Å². The summed E-state index contributed by atoms with van der Waals surface area (Å²) in [4.78, 5) is 23.3. The first-order chi connectivity index (χ1) is 12.0. The van der Waals surface area contributed by atoms with E-state index in [0.29, 0.717) is 12.2 Å². The fraction of sp³-hybridized carbons (Fsp3) is 0.222. The zero-order valence-electron chi connectivity index (χ0n) is 13.5. The Morgan fingerprint density at radius 1 is 1.04 bits per heavy atom. The third-order valence-electron chi connectivity index (χ3n) is 3.29. The number of nitrogens with two attached hydrogens (primary N) is 1. The van der Waals surface area contributed by atoms with Crippen LogP contribution in [-0.2, 0) is 16.0 Å². The fourth-order valence-corrected chi connectivity index (χ4v) is 2.41. The van der Waals surface area contributed by atoms with Gasteiger partial charge >= 0.3 is 12.0 Å². The van der Waals surface area contributed by atoms with Crippen molar-refractivity contribution < 1.29 is 19.1 Å². The molecule has 0 aliphatic carbocycles. The van der Waals surface area contributed by atoms with Gasteiger partial charge in [0.25, 0.3) is 0 Å². The molecule has 6 nitrogen and oxygen atoms in total. The first-order valence-corrected chi connectivity index (χ1v) is 8.49. The molecule has 2 rings (SSSR count). The lowest BCUT2D eigenvalue weighted by molar-refractivity contribution is -0.146. The van der Waals surface area contributed by atoms with E-state index in [2.05, 4.69) is 21.2 Å². The molecule has 2 amide bonds. The SMILES string of the molecule is NC(=O)N[C@@H](Cc1ccccc1)C(=O)OCCOc1ccc(Br)cc1. The van der Waals surface area contributed by atoms with Crippen molar-refractivity contribution in [1.29, 1.82) is 0 Å². The second kappa shape index (κ2) is 9.68. The van der Waals surface area contributed by atoms with Crippen LogP contribution in [0.3, 0.4) is 0 Å². The Hall–Kier alpha value is -2.54. The van der Waals surface area contributed by atoms with Crippen LogP contribution in [0.4, 0.5) is 4.79 Å². The highest BCUT2D eigenvalue weighted by atomic mass is 79.9. The minimum atomic E-state index is -0.840. The molecule has 2 aromatic carbocycles. The lowest BCUT2D eigenvalue weighted by Gasteiger charge is -2.16. The van der Waals surface area contributed by atoms with Crippen LogP contribution in [0.5, 0.6) is 5.75 Å². The molecular formula is C18H19BrN2O4. The Kier molecular flexibility index (Phi) is 7.28. The highest BCUT2D eigenvalue weighted by Gasteiger charge is 2.21. The third kappa shape index (κ3) is 6.84. The van der Waals surface area contributed by atoms with Gasteiger partial charge in [-0.25, -0.2) is 9.59 Å². The highest BCUT2D eigenvalue weighted by Crippen LogP contribution is 2.15. The fourth-order valence-electron chi connectivity index (χ4n) is 2.15. The zero-order valence-corrected chi connectivity index (χ0v) is 15.1. The van der Waals surface area contributed by atoms with Gasteiger partial charge in [-0.1, -0.05) is 46.3 Å². The maximum atomic E-state index is 12.2. The molecule has 7 heteroatoms. The van der Waals surface area contributed by atoms with Crippen molar-refractivity contribution in [2.24, 2.45) is 5.73 Å². The molecule has 0 aromatic heterocycles. The number of hydrogen-bond acceptors (Lipinski definition) is 4. The van der Waals surface area contributed by atoms with E-state index in [1.807, 2.05) is 42.5 Å². The summed E-state index contributed by atoms with van der Waals surface area (Å²) >= 11 is 3.34. The Bertz CT molecular complexity index is 692. The summed E-state index contributed by atoms with van der Waals surface area (Å²) < 4.78 is 11.6. The van der Waals surface area contributed by atoms with Gasteiger partial charge < -0.3 is 20.5 Å². The van der Waals surface area contributed by atoms with E-state index in [1.165, 1.54) is 0 Å². The number of hydrogen-bond donors (Lipinski definition) is 2. The van der Waals surface area contributed by atoms with E-state index >= 15 is 0 Å². The van der Waals surface area contributed by atoms with E-state index in [4.69, 9.17) is 15.2 Å². The number of halogens is 1. The number of esters is 1. The summed E-state index contributed by atoms with van der Waals surface area (Å²) in [7, 11) is 0. The Morgan fingerprint density at radius 3 is 2.36 bits per heavy atom. The predicted octanol–water partition coefficient (Wildman–Crippen LogP) is 2.65. The van der Waals surface area contributed by atoms with E-state index in [-0.39, 0.29) is 13.2 Å². The first kappa shape index (κ1) is 18.8. The number of nitrogens with one attached hydrogen (secondary N) is 1. The molecule has 0 aliphatic rings. The average Bonchev–Trinajstić information content (AvgIpc) is 2.60. The summed E-state index contributed by atoms with van der Waals surface area (Å²) in [5.74, 6) is 0.123. The molecule has 0 fully saturated rings. The largest absolute Gasteiger partial charge is 0.490 e. The second-order valence-corrected chi connectivity index (χ2v) is 6.14. The van der Waals surface area contributed by atoms with Gasteiger partial charge in [0.05, 0.1) is 0 Å². The zero-order chi connectivity index (χ0) is 18.1. The van der Waals surface area contributed by atoms with E-state index in [9.17, 15) is 9.59 Å². The monoisotopic (exact) mass is 406 g/mol. The highest BCUT2D eigenvalue weighted by molar-refractivity contribution is 9.10. The van der Waals surface area contributed by atoms with Crippen LogP contribution < -0.4 is 15.8 Å². The molecule has 0 saturated heterocycles. The summed E-state index contributed by atoms with van der Waals surface area (Å²) in [6, 6.07) is 15.0. The summed E-state index contributed by atoms with van der Waals surface area (Å²) in [6.45, 7) is 0.280. The van der Waals surface area contributed by atoms with Gasteiger partial charge in [0.2, 0.25) is 0 Å². The molecule has 0 heterocycles. The van der Waals surface area contributed by atoms with Crippen molar-refractivity contribution in [2.75, 3.05) is 13.2 Å². The van der Waals surface area contributed by atoms with Gasteiger partial charge in [-0.15, -0.1) is 0 Å². The van der Waals surface area contributed by atoms with E-state index < -0.39 is 18.0 Å². The molecule has 0 aliphatic heterocycles. The second-order valence-electron chi connectivity index (χ2n) is 5.22. The van der Waals surface area contributed by atoms with Crippen molar-refractivity contribution in [3.63, 3.8) is 0 Å². The van der Waals surface area contributed by atoms with Crippen LogP contribution in [0.25, 0.3) is 0 Å². The number of primary amides is 1. The average molecular weight is 407 g/mol. The third-order valence-corrected chi connectivity index (χ3v) is 3.82. The van der Waals surface area contributed by atoms with Gasteiger partial charge in [0.1, 0.15) is 25.0 Å². The molecule has 0 spiro atoms. The van der Waals surface area contributed by atoms with Crippen molar-refractivity contribution in [3.05, 3.63) is 64.6 Å². The Labute approximate surface area is 154 Å². The van der Waals surface area contributed by atoms with Crippen LogP contribution in [0.1, 0.15) is 5.56 Å². The van der Waals surface area contributed by atoms with E-state index in [0.717, 1.165) is 10.0 Å². The summed E-state index contributed by atoms with van der Waals surface area (Å²) in [6.07, 6.45) is 0.302. The lowest BCUT2D eigenvalue weighted by atomic mass is 10.1. The molecule has 0 unspecified atom stereocenters. The molecule has 1 atom stereocenters. The quantitative estimate of drug-likeness (QED) is 0.520. The number of carbonyl (C=O) groups is 2. The van der Waals surface area contributed by atoms with Gasteiger partial charge in [-0.05, 0) is 29.8 Å². The maximum absolute atomic E-state index is 12.2. The molecule has 25 heavy (non-hydrogen) atoms. The first-order valence-electron chi connectivity index (χ1n) is 7.69. The standard InChI is InChI=1S/C18H19BrN2O4/c19-14-6-8-15(9-7-14)24-10-11-25-17(22)16(21-18(20)23)12-13-4-2-1-3-5-13/h1-9,16H,10-12H2,(H3,20,21,23)/t16-/m0/s1. The van der Waals surface area contributed by atoms with Crippen molar-refractivity contribution in [2.45, 2.75) is 12.5 Å². The van der Waals surface area contributed by atoms with Crippen LogP contribution in [0.2, 0.25) is 0 Å². The minimum Gasteiger partial charge on any atom is -0.490 e. The molecule has 132 valence electrons. The van der Waals surface area contributed by atoms with Crippen LogP contribution >= 0.6 is 15.9 Å². The molecule has 0 bridgehead atoms. The Balaban J connectivity index is 1.82. The number of rotatable bonds is 8. The minimum absolute atomic E-state index is 0.0701. The topological polar surface area (TPSA) is 90.7 Å². The lowest BCUT2D eigenvalue weighted by Crippen LogP contribution is -2.46. The molecule has 2 aromatic rings. The maximum Gasteiger partial charge on any atom is 0.329 e. The molecule has 0 radical (unpaired) electrons. The number of benzene rings is 2. The predicted molar refractivity (Wildman–Crippen MR) is 97.2 cm³/mol.